The fourth-order valence-corrected chi connectivity index (χ4v) is 0. The van der Waals surface area contributed by atoms with E-state index in [1.54, 1.807) is 0 Å². The molecule has 0 aliphatic carbocycles. The monoisotopic (exact) mass is 246 g/mol. The van der Waals surface area contributed by atoms with E-state index >= 15 is 0 Å². The molecule has 0 atom stereocenters. The molecule has 6 nitrogen and oxygen atoms in total. The minimum Gasteiger partial charge on any atom is -0.822 e. The van der Waals surface area contributed by atoms with E-state index in [1.165, 1.54) is 0 Å². The van der Waals surface area contributed by atoms with Gasteiger partial charge < -0.3 is 19.2 Å². The average molecular weight is 246 g/mol. The molecule has 0 aliphatic heterocycles. The Morgan fingerprint density at radius 1 is 0.900 bits per heavy atom. The van der Waals surface area contributed by atoms with Crippen LogP contribution in [0.2, 0.25) is 0 Å². The largest absolute Gasteiger partial charge is 1.00 e. The van der Waals surface area contributed by atoms with Gasteiger partial charge in [-0.25, -0.2) is 0 Å². The van der Waals surface area contributed by atoms with Crippen molar-refractivity contribution in [3.05, 3.63) is 0 Å². The maximum atomic E-state index is 8.55. The summed E-state index contributed by atoms with van der Waals surface area (Å²) in [6, 6.07) is 0. The Bertz CT molecular complexity index is 59.1. The Kier molecular flexibility index (Phi) is 57.3. The van der Waals surface area contributed by atoms with Crippen LogP contribution in [-0.2, 0) is 4.57 Å². The number of hydrogen-bond acceptors (Lipinski definition) is 6. The third kappa shape index (κ3) is 75.6. The van der Waals surface area contributed by atoms with Crippen LogP contribution in [0.15, 0.2) is 0 Å². The van der Waals surface area contributed by atoms with E-state index in [4.69, 9.17) is 29.8 Å². The van der Waals surface area contributed by atoms with E-state index in [0.717, 1.165) is 0 Å². The van der Waals surface area contributed by atoms with E-state index in [2.05, 4.69) is 0 Å². The molecule has 46 valence electrons. The van der Waals surface area contributed by atoms with E-state index in [1.807, 2.05) is 0 Å². The zero-order chi connectivity index (χ0) is 6.50. The first-order valence-electron chi connectivity index (χ1n) is 0.930. The molecule has 0 radical (unpaired) electrons. The van der Waals surface area contributed by atoms with Crippen molar-refractivity contribution in [2.75, 3.05) is 0 Å². The van der Waals surface area contributed by atoms with Crippen LogP contribution in [0.5, 0.6) is 0 Å². The van der Waals surface area contributed by atoms with Crippen LogP contribution in [0.1, 0.15) is 0 Å². The van der Waals surface area contributed by atoms with Crippen LogP contribution >= 0.6 is 7.82 Å². The third-order valence-electron chi connectivity index (χ3n) is 0. The van der Waals surface area contributed by atoms with E-state index < -0.39 is 7.82 Å². The maximum Gasteiger partial charge on any atom is 1.00 e. The summed E-state index contributed by atoms with van der Waals surface area (Å²) in [5.74, 6) is 0. The first-order chi connectivity index (χ1) is 3.00. The van der Waals surface area contributed by atoms with Crippen LogP contribution in [0.25, 0.3) is 0 Å². The summed E-state index contributed by atoms with van der Waals surface area (Å²) >= 11 is 0. The van der Waals surface area contributed by atoms with Gasteiger partial charge in [0.2, 0.25) is 0 Å². The fraction of sp³-hybridized carbons (Fsp3) is 0. The molecule has 0 amide bonds. The van der Waals surface area contributed by atoms with Gasteiger partial charge in [-0.3, -0.25) is 10.5 Å². The molecule has 0 aliphatic rings. The summed E-state index contributed by atoms with van der Waals surface area (Å²) < 4.78 is 8.55. The summed E-state index contributed by atoms with van der Waals surface area (Å²) in [4.78, 5) is 25.6. The second-order valence-corrected chi connectivity index (χ2v) is 1.34. The molecular weight excluding hydrogens is 244 g/mol. The zero-order valence-corrected chi connectivity index (χ0v) is 16.2. The fourth-order valence-electron chi connectivity index (χ4n) is 0. The van der Waals surface area contributed by atoms with Crippen LogP contribution < -0.4 is 169 Å². The molecule has 0 saturated heterocycles. The third-order valence-corrected chi connectivity index (χ3v) is 0. The first kappa shape index (κ1) is 29.4. The Balaban J connectivity index is -0.0000000154. The SMILES string of the molecule is O=P([O-])([O-])[O-].OO.[K+].[K+].[K+]. The molecule has 0 aromatic heterocycles. The predicted molar refractivity (Wildman–Crippen MR) is 12.9 cm³/mol. The van der Waals surface area contributed by atoms with Crippen molar-refractivity contribution < 1.29 is 184 Å². The van der Waals surface area contributed by atoms with Gasteiger partial charge in [0.15, 0.2) is 0 Å². The van der Waals surface area contributed by atoms with Crippen molar-refractivity contribution in [3.63, 3.8) is 0 Å². The Morgan fingerprint density at radius 3 is 0.900 bits per heavy atom. The van der Waals surface area contributed by atoms with Gasteiger partial charge in [0.1, 0.15) is 0 Å². The molecule has 0 spiro atoms. The molecule has 2 N–H and O–H groups in total. The Morgan fingerprint density at radius 2 is 0.900 bits per heavy atom. The van der Waals surface area contributed by atoms with Gasteiger partial charge in [-0.05, 0) is 0 Å². The maximum absolute atomic E-state index is 8.55. The van der Waals surface area contributed by atoms with Crippen molar-refractivity contribution in [2.24, 2.45) is 0 Å². The standard InChI is InChI=1S/3K.H3O4P.H2O2/c;;;1-5(2,3)4;1-2/h;;;(H3,1,2,3,4);1-2H/q3*+1;;/p-3. The van der Waals surface area contributed by atoms with Crippen molar-refractivity contribution >= 4 is 7.82 Å². The van der Waals surface area contributed by atoms with Gasteiger partial charge in [0.25, 0.3) is 0 Å². The van der Waals surface area contributed by atoms with Crippen molar-refractivity contribution in [1.29, 1.82) is 0 Å². The minimum atomic E-state index is -5.39. The van der Waals surface area contributed by atoms with E-state index in [9.17, 15) is 0 Å². The van der Waals surface area contributed by atoms with Gasteiger partial charge >= 0.3 is 154 Å². The van der Waals surface area contributed by atoms with Crippen LogP contribution in [0.3, 0.4) is 0 Å². The van der Waals surface area contributed by atoms with E-state index in [0.29, 0.717) is 0 Å². The smallest absolute Gasteiger partial charge is 0.822 e. The van der Waals surface area contributed by atoms with Crippen molar-refractivity contribution in [3.8, 4) is 0 Å². The predicted octanol–water partition coefficient (Wildman–Crippen LogP) is -11.8. The molecule has 0 aromatic carbocycles. The minimum absolute atomic E-state index is 0. The van der Waals surface area contributed by atoms with Gasteiger partial charge in [-0.1, -0.05) is 0 Å². The van der Waals surface area contributed by atoms with Gasteiger partial charge in [-0.15, -0.1) is 0 Å². The molecule has 10 heavy (non-hydrogen) atoms. The Labute approximate surface area is 186 Å². The topological polar surface area (TPSA) is 127 Å². The van der Waals surface area contributed by atoms with Crippen LogP contribution in [0.4, 0.5) is 0 Å². The number of phosphoric acid groups is 1. The Hall–Kier alpha value is 4.94. The van der Waals surface area contributed by atoms with E-state index in [-0.39, 0.29) is 154 Å². The summed E-state index contributed by atoms with van der Waals surface area (Å²) in [6.45, 7) is 0. The number of rotatable bonds is 0. The molecule has 0 heterocycles. The summed E-state index contributed by atoms with van der Waals surface area (Å²) in [7, 11) is -5.39. The zero-order valence-electron chi connectivity index (χ0n) is 5.97. The number of hydrogen-bond donors (Lipinski definition) is 2. The summed E-state index contributed by atoms with van der Waals surface area (Å²) in [5, 5.41) is 12.0. The summed E-state index contributed by atoms with van der Waals surface area (Å²) in [5.41, 5.74) is 0. The second kappa shape index (κ2) is 19.5. The van der Waals surface area contributed by atoms with Gasteiger partial charge in [0.05, 0.1) is 0 Å². The summed E-state index contributed by atoms with van der Waals surface area (Å²) in [6.07, 6.45) is 0. The molecule has 0 aromatic rings. The van der Waals surface area contributed by atoms with Crippen molar-refractivity contribution in [2.45, 2.75) is 0 Å². The normalized spacial score (nSPS) is 6.50. The van der Waals surface area contributed by atoms with Gasteiger partial charge in [-0.2, -0.15) is 7.82 Å². The van der Waals surface area contributed by atoms with Crippen LogP contribution in [-0.4, -0.2) is 10.5 Å². The first-order valence-corrected chi connectivity index (χ1v) is 2.39. The quantitative estimate of drug-likeness (QED) is 0.189. The van der Waals surface area contributed by atoms with Crippen molar-refractivity contribution in [1.82, 2.24) is 0 Å². The molecule has 0 saturated carbocycles. The molecule has 0 rings (SSSR count). The molecule has 0 bridgehead atoms. The average Bonchev–Trinajstić information content (AvgIpc) is 1.36. The molecule has 10 heteroatoms. The second-order valence-electron chi connectivity index (χ2n) is 0.447. The van der Waals surface area contributed by atoms with Gasteiger partial charge in [0, 0.05) is 0 Å². The van der Waals surface area contributed by atoms with Crippen LogP contribution in [0, 0.1) is 0 Å². The molecule has 0 unspecified atom stereocenters. The molecular formula is H2K3O6P. The molecule has 0 fully saturated rings.